The Hall–Kier alpha value is -0.850. The number of nitrogens with two attached hydrogens (primary N) is 1. The van der Waals surface area contributed by atoms with Crippen LogP contribution >= 0.6 is 0 Å². The molecule has 6 heteroatoms. The molecule has 2 N–H and O–H groups in total. The summed E-state index contributed by atoms with van der Waals surface area (Å²) in [6.45, 7) is 4.32. The summed E-state index contributed by atoms with van der Waals surface area (Å²) in [4.78, 5) is 6.50. The minimum atomic E-state index is -0.298. The van der Waals surface area contributed by atoms with Crippen LogP contribution < -0.4 is 5.73 Å². The van der Waals surface area contributed by atoms with Gasteiger partial charge in [-0.25, -0.2) is 0 Å². The summed E-state index contributed by atoms with van der Waals surface area (Å²) in [6.07, 6.45) is 4.49. The van der Waals surface area contributed by atoms with E-state index in [0.717, 1.165) is 39.1 Å². The second kappa shape index (κ2) is 5.64. The van der Waals surface area contributed by atoms with Gasteiger partial charge in [-0.2, -0.15) is 0 Å². The van der Waals surface area contributed by atoms with E-state index in [1.165, 1.54) is 12.8 Å². The monoisotopic (exact) mass is 269 g/mol. The van der Waals surface area contributed by atoms with Crippen molar-refractivity contribution < 1.29 is 14.2 Å². The Labute approximate surface area is 113 Å². The fourth-order valence-corrected chi connectivity index (χ4v) is 2.97. The van der Waals surface area contributed by atoms with Gasteiger partial charge >= 0.3 is 0 Å². The number of hydrogen-bond acceptors (Lipinski definition) is 4. The second-order valence-electron chi connectivity index (χ2n) is 5.47. The van der Waals surface area contributed by atoms with Gasteiger partial charge in [0.05, 0.1) is 26.4 Å². The third-order valence-electron chi connectivity index (χ3n) is 4.07. The smallest absolute Gasteiger partial charge is 0.191 e. The maximum Gasteiger partial charge on any atom is 0.191 e. The van der Waals surface area contributed by atoms with Crippen LogP contribution in [-0.4, -0.2) is 62.2 Å². The van der Waals surface area contributed by atoms with Crippen molar-refractivity contribution in [3.05, 3.63) is 0 Å². The molecule has 1 spiro atoms. The van der Waals surface area contributed by atoms with Gasteiger partial charge < -0.3 is 24.8 Å². The predicted octanol–water partition coefficient (Wildman–Crippen LogP) is 0.319. The number of guanidine groups is 1. The molecule has 0 aromatic rings. The summed E-state index contributed by atoms with van der Waals surface area (Å²) >= 11 is 0. The van der Waals surface area contributed by atoms with Crippen molar-refractivity contribution in [1.82, 2.24) is 4.90 Å². The lowest BCUT2D eigenvalue weighted by Crippen LogP contribution is -2.45. The van der Waals surface area contributed by atoms with E-state index in [2.05, 4.69) is 9.89 Å². The SMILES string of the molecule is NC(=NCC1COC2(CCCC2)O1)N1CCOCC1. The highest BCUT2D eigenvalue weighted by atomic mass is 16.7. The van der Waals surface area contributed by atoms with Crippen molar-refractivity contribution in [3.63, 3.8) is 0 Å². The van der Waals surface area contributed by atoms with E-state index in [1.54, 1.807) is 0 Å². The van der Waals surface area contributed by atoms with Crippen LogP contribution in [0.5, 0.6) is 0 Å². The Balaban J connectivity index is 1.49. The van der Waals surface area contributed by atoms with Gasteiger partial charge in [0.25, 0.3) is 0 Å². The average molecular weight is 269 g/mol. The minimum absolute atomic E-state index is 0.0534. The first kappa shape index (κ1) is 13.1. The van der Waals surface area contributed by atoms with E-state index in [0.29, 0.717) is 19.1 Å². The van der Waals surface area contributed by atoms with Crippen LogP contribution in [-0.2, 0) is 14.2 Å². The van der Waals surface area contributed by atoms with Crippen molar-refractivity contribution in [2.75, 3.05) is 39.5 Å². The van der Waals surface area contributed by atoms with Crippen molar-refractivity contribution in [2.24, 2.45) is 10.7 Å². The van der Waals surface area contributed by atoms with Gasteiger partial charge in [-0.05, 0) is 12.8 Å². The molecule has 2 aliphatic heterocycles. The molecule has 0 amide bonds. The van der Waals surface area contributed by atoms with Gasteiger partial charge in [-0.3, -0.25) is 4.99 Å². The zero-order chi connectivity index (χ0) is 13.1. The van der Waals surface area contributed by atoms with Crippen molar-refractivity contribution in [3.8, 4) is 0 Å². The molecule has 2 heterocycles. The highest BCUT2D eigenvalue weighted by Gasteiger charge is 2.43. The lowest BCUT2D eigenvalue weighted by atomic mass is 10.2. The Morgan fingerprint density at radius 2 is 2.00 bits per heavy atom. The van der Waals surface area contributed by atoms with E-state index >= 15 is 0 Å². The van der Waals surface area contributed by atoms with Gasteiger partial charge in [0.1, 0.15) is 6.10 Å². The number of nitrogens with zero attached hydrogens (tertiary/aromatic N) is 2. The van der Waals surface area contributed by atoms with E-state index in [9.17, 15) is 0 Å². The quantitative estimate of drug-likeness (QED) is 0.577. The Morgan fingerprint density at radius 1 is 1.26 bits per heavy atom. The Kier molecular flexibility index (Phi) is 3.91. The molecule has 1 atom stereocenters. The fraction of sp³-hybridized carbons (Fsp3) is 0.923. The molecule has 108 valence electrons. The largest absolute Gasteiger partial charge is 0.378 e. The lowest BCUT2D eigenvalue weighted by molar-refractivity contribution is -0.160. The molecule has 19 heavy (non-hydrogen) atoms. The van der Waals surface area contributed by atoms with Crippen LogP contribution in [0, 0.1) is 0 Å². The first-order valence-electron chi connectivity index (χ1n) is 7.22. The number of rotatable bonds is 2. The van der Waals surface area contributed by atoms with Crippen LogP contribution in [0.3, 0.4) is 0 Å². The molecule has 1 unspecified atom stereocenters. The normalized spacial score (nSPS) is 31.3. The van der Waals surface area contributed by atoms with Crippen LogP contribution in [0.4, 0.5) is 0 Å². The van der Waals surface area contributed by atoms with Gasteiger partial charge in [-0.1, -0.05) is 0 Å². The molecule has 3 fully saturated rings. The molecular formula is C13H23N3O3. The molecule has 0 aromatic heterocycles. The van der Waals surface area contributed by atoms with E-state index in [-0.39, 0.29) is 11.9 Å². The topological polar surface area (TPSA) is 69.3 Å². The van der Waals surface area contributed by atoms with E-state index in [1.807, 2.05) is 0 Å². The number of aliphatic imine (C=N–C) groups is 1. The van der Waals surface area contributed by atoms with Crippen molar-refractivity contribution >= 4 is 5.96 Å². The summed E-state index contributed by atoms with van der Waals surface area (Å²) in [5, 5.41) is 0. The zero-order valence-corrected chi connectivity index (χ0v) is 11.3. The molecule has 1 saturated carbocycles. The van der Waals surface area contributed by atoms with Crippen molar-refractivity contribution in [2.45, 2.75) is 37.6 Å². The first-order chi connectivity index (χ1) is 9.27. The van der Waals surface area contributed by atoms with Crippen molar-refractivity contribution in [1.29, 1.82) is 0 Å². The molecule has 1 aliphatic carbocycles. The molecule has 2 saturated heterocycles. The molecule has 3 aliphatic rings. The van der Waals surface area contributed by atoms with E-state index < -0.39 is 0 Å². The zero-order valence-electron chi connectivity index (χ0n) is 11.3. The van der Waals surface area contributed by atoms with E-state index in [4.69, 9.17) is 19.9 Å². The molecule has 0 aromatic carbocycles. The number of ether oxygens (including phenoxy) is 3. The first-order valence-corrected chi connectivity index (χ1v) is 7.22. The van der Waals surface area contributed by atoms with Crippen LogP contribution in [0.15, 0.2) is 4.99 Å². The maximum absolute atomic E-state index is 6.02. The fourth-order valence-electron chi connectivity index (χ4n) is 2.97. The summed E-state index contributed by atoms with van der Waals surface area (Å²) in [7, 11) is 0. The highest BCUT2D eigenvalue weighted by Crippen LogP contribution is 2.39. The van der Waals surface area contributed by atoms with Gasteiger partial charge in [0.2, 0.25) is 0 Å². The highest BCUT2D eigenvalue weighted by molar-refractivity contribution is 5.78. The molecule has 6 nitrogen and oxygen atoms in total. The van der Waals surface area contributed by atoms with Crippen LogP contribution in [0.2, 0.25) is 0 Å². The minimum Gasteiger partial charge on any atom is -0.378 e. The summed E-state index contributed by atoms with van der Waals surface area (Å²) in [5.41, 5.74) is 6.00. The number of hydrogen-bond donors (Lipinski definition) is 1. The lowest BCUT2D eigenvalue weighted by Gasteiger charge is -2.27. The standard InChI is InChI=1S/C13H23N3O3/c14-12(16-5-7-17-8-6-16)15-9-11-10-18-13(19-11)3-1-2-4-13/h11H,1-10H2,(H2,14,15). The number of morpholine rings is 1. The molecule has 3 rings (SSSR count). The molecule has 0 radical (unpaired) electrons. The van der Waals surface area contributed by atoms with Crippen LogP contribution in [0.1, 0.15) is 25.7 Å². The second-order valence-corrected chi connectivity index (χ2v) is 5.47. The third-order valence-corrected chi connectivity index (χ3v) is 4.07. The Morgan fingerprint density at radius 3 is 2.74 bits per heavy atom. The third kappa shape index (κ3) is 3.01. The summed E-state index contributed by atoms with van der Waals surface area (Å²) in [6, 6.07) is 0. The molecule has 0 bridgehead atoms. The van der Waals surface area contributed by atoms with Crippen LogP contribution in [0.25, 0.3) is 0 Å². The summed E-state index contributed by atoms with van der Waals surface area (Å²) in [5.74, 6) is 0.299. The summed E-state index contributed by atoms with van der Waals surface area (Å²) < 4.78 is 17.1. The molecular weight excluding hydrogens is 246 g/mol. The maximum atomic E-state index is 6.02. The van der Waals surface area contributed by atoms with Gasteiger partial charge in [0, 0.05) is 25.9 Å². The van der Waals surface area contributed by atoms with Gasteiger partial charge in [-0.15, -0.1) is 0 Å². The average Bonchev–Trinajstić information content (AvgIpc) is 3.08. The predicted molar refractivity (Wildman–Crippen MR) is 70.9 cm³/mol. The van der Waals surface area contributed by atoms with Gasteiger partial charge in [0.15, 0.2) is 11.7 Å². The Bertz CT molecular complexity index is 336.